The van der Waals surface area contributed by atoms with Crippen molar-refractivity contribution in [1.29, 1.82) is 0 Å². The van der Waals surface area contributed by atoms with Crippen molar-refractivity contribution in [2.45, 2.75) is 19.9 Å². The van der Waals surface area contributed by atoms with Gasteiger partial charge in [-0.2, -0.15) is 0 Å². The quantitative estimate of drug-likeness (QED) is 0.159. The van der Waals surface area contributed by atoms with Gasteiger partial charge in [0.1, 0.15) is 5.75 Å². The van der Waals surface area contributed by atoms with E-state index in [1.807, 2.05) is 83.4 Å². The minimum atomic E-state index is -1.34. The Bertz CT molecular complexity index is 1820. The largest absolute Gasteiger partial charge is 0.512 e. The molecule has 0 aliphatic carbocycles. The van der Waals surface area contributed by atoms with Gasteiger partial charge in [0, 0.05) is 17.3 Å². The monoisotopic (exact) mass is 527 g/mol. The van der Waals surface area contributed by atoms with Gasteiger partial charge in [0.2, 0.25) is 5.88 Å². The topological polar surface area (TPSA) is 60.7 Å². The summed E-state index contributed by atoms with van der Waals surface area (Å²) in [4.78, 5) is 12.0. The molecule has 198 valence electrons. The van der Waals surface area contributed by atoms with Gasteiger partial charge in [-0.3, -0.25) is 0 Å². The second kappa shape index (κ2) is 11.0. The molecule has 1 aromatic heterocycles. The van der Waals surface area contributed by atoms with E-state index in [0.29, 0.717) is 25.5 Å². The van der Waals surface area contributed by atoms with Crippen LogP contribution in [-0.2, 0) is 6.54 Å². The first-order valence-corrected chi connectivity index (χ1v) is 13.4. The van der Waals surface area contributed by atoms with Gasteiger partial charge in [0.15, 0.2) is 0 Å². The molecule has 0 spiro atoms. The average molecular weight is 528 g/mol. The number of aryl methyl sites for hydroxylation is 2. The number of ether oxygens (including phenoxy) is 2. The van der Waals surface area contributed by atoms with Crippen molar-refractivity contribution in [3.8, 4) is 33.9 Å². The highest BCUT2D eigenvalue weighted by Gasteiger charge is 2.25. The van der Waals surface area contributed by atoms with Crippen LogP contribution in [0.3, 0.4) is 0 Å². The summed E-state index contributed by atoms with van der Waals surface area (Å²) in [5.74, 6) is 1.16. The second-order valence-corrected chi connectivity index (χ2v) is 9.76. The first kappa shape index (κ1) is 25.3. The van der Waals surface area contributed by atoms with E-state index in [-0.39, 0.29) is 0 Å². The fraction of sp³-hybridized carbons (Fsp3) is 0.114. The normalized spacial score (nSPS) is 11.1. The van der Waals surface area contributed by atoms with Crippen molar-refractivity contribution in [1.82, 2.24) is 4.57 Å². The molecule has 0 aliphatic rings. The van der Waals surface area contributed by atoms with Gasteiger partial charge in [0.25, 0.3) is 0 Å². The van der Waals surface area contributed by atoms with Crippen LogP contribution in [0.25, 0.3) is 43.9 Å². The first-order valence-electron chi connectivity index (χ1n) is 13.4. The van der Waals surface area contributed by atoms with E-state index >= 15 is 0 Å². The van der Waals surface area contributed by atoms with Crippen LogP contribution < -0.4 is 9.47 Å². The van der Waals surface area contributed by atoms with Crippen LogP contribution in [0.1, 0.15) is 12.0 Å². The highest BCUT2D eigenvalue weighted by Crippen LogP contribution is 2.45. The van der Waals surface area contributed by atoms with Crippen LogP contribution in [0, 0.1) is 6.92 Å². The molecule has 0 aliphatic heterocycles. The standard InChI is InChI=1S/C35H29NO4/c1-24-12-5-7-17-27(24)29-19-10-20-30-33(29)32(26-14-3-2-4-15-26)34(40-35(37)38)36(30)22-11-23-39-31-21-9-16-25-13-6-8-18-28(25)31/h2-10,12-21H,11,22-23H2,1H3,(H,37,38). The highest BCUT2D eigenvalue weighted by molar-refractivity contribution is 6.09. The van der Waals surface area contributed by atoms with Crippen LogP contribution in [-0.4, -0.2) is 22.4 Å². The number of rotatable bonds is 8. The van der Waals surface area contributed by atoms with E-state index in [0.717, 1.165) is 55.2 Å². The number of fused-ring (bicyclic) bond motifs is 2. The van der Waals surface area contributed by atoms with Crippen molar-refractivity contribution >= 4 is 27.8 Å². The zero-order chi connectivity index (χ0) is 27.5. The lowest BCUT2D eigenvalue weighted by atomic mass is 9.93. The van der Waals surface area contributed by atoms with Gasteiger partial charge >= 0.3 is 6.16 Å². The zero-order valence-electron chi connectivity index (χ0n) is 22.2. The van der Waals surface area contributed by atoms with E-state index in [4.69, 9.17) is 9.47 Å². The van der Waals surface area contributed by atoms with Gasteiger partial charge in [0.05, 0.1) is 17.7 Å². The van der Waals surface area contributed by atoms with E-state index in [1.54, 1.807) is 0 Å². The number of benzene rings is 5. The molecule has 1 heterocycles. The Morgan fingerprint density at radius 3 is 2.30 bits per heavy atom. The molecular formula is C35H29NO4. The Morgan fingerprint density at radius 1 is 0.775 bits per heavy atom. The molecule has 6 aromatic rings. The number of carboxylic acid groups (broad SMARTS) is 1. The summed E-state index contributed by atoms with van der Waals surface area (Å²) in [5, 5.41) is 12.9. The van der Waals surface area contributed by atoms with Crippen LogP contribution in [0.4, 0.5) is 4.79 Å². The Morgan fingerprint density at radius 2 is 1.48 bits per heavy atom. The molecular weight excluding hydrogens is 498 g/mol. The SMILES string of the molecule is Cc1ccccc1-c1cccc2c1c(-c1ccccc1)c(OC(=O)O)n2CCCOc1cccc2ccccc12. The van der Waals surface area contributed by atoms with E-state index in [2.05, 4.69) is 43.3 Å². The van der Waals surface area contributed by atoms with Crippen molar-refractivity contribution in [3.63, 3.8) is 0 Å². The number of carbonyl (C=O) groups is 1. The number of hydrogen-bond donors (Lipinski definition) is 1. The molecule has 1 N–H and O–H groups in total. The van der Waals surface area contributed by atoms with Gasteiger partial charge < -0.3 is 19.1 Å². The third-order valence-corrected chi connectivity index (χ3v) is 7.26. The summed E-state index contributed by atoms with van der Waals surface area (Å²) in [6.45, 7) is 3.08. The minimum absolute atomic E-state index is 0.319. The maximum atomic E-state index is 12.0. The Balaban J connectivity index is 1.43. The molecule has 40 heavy (non-hydrogen) atoms. The molecule has 0 unspecified atom stereocenters. The maximum absolute atomic E-state index is 12.0. The number of hydrogen-bond acceptors (Lipinski definition) is 3. The lowest BCUT2D eigenvalue weighted by molar-refractivity contribution is 0.141. The molecule has 0 amide bonds. The van der Waals surface area contributed by atoms with Crippen molar-refractivity contribution < 1.29 is 19.4 Å². The summed E-state index contributed by atoms with van der Waals surface area (Å²) in [6.07, 6.45) is -0.683. The molecule has 0 radical (unpaired) electrons. The molecule has 5 nitrogen and oxygen atoms in total. The van der Waals surface area contributed by atoms with Crippen LogP contribution >= 0.6 is 0 Å². The average Bonchev–Trinajstić information content (AvgIpc) is 3.28. The third-order valence-electron chi connectivity index (χ3n) is 7.26. The molecule has 0 saturated heterocycles. The molecule has 6 rings (SSSR count). The minimum Gasteiger partial charge on any atom is -0.493 e. The third kappa shape index (κ3) is 4.78. The molecule has 0 saturated carbocycles. The molecule has 0 bridgehead atoms. The van der Waals surface area contributed by atoms with E-state index < -0.39 is 6.16 Å². The predicted octanol–water partition coefficient (Wildman–Crippen LogP) is 8.96. The molecule has 5 heteroatoms. The van der Waals surface area contributed by atoms with Crippen LogP contribution in [0.5, 0.6) is 11.6 Å². The van der Waals surface area contributed by atoms with Gasteiger partial charge in [-0.05, 0) is 53.1 Å². The Kier molecular flexibility index (Phi) is 6.94. The molecule has 5 aromatic carbocycles. The van der Waals surface area contributed by atoms with Crippen molar-refractivity contribution in [3.05, 3.63) is 121 Å². The van der Waals surface area contributed by atoms with Crippen molar-refractivity contribution in [2.24, 2.45) is 0 Å². The Hall–Kier alpha value is -5.03. The fourth-order valence-electron chi connectivity index (χ4n) is 5.49. The number of aromatic nitrogens is 1. The zero-order valence-corrected chi connectivity index (χ0v) is 22.2. The fourth-order valence-corrected chi connectivity index (χ4v) is 5.49. The maximum Gasteiger partial charge on any atom is 0.512 e. The predicted molar refractivity (Wildman–Crippen MR) is 160 cm³/mol. The first-order chi connectivity index (χ1) is 19.6. The smallest absolute Gasteiger partial charge is 0.493 e. The van der Waals surface area contributed by atoms with Crippen LogP contribution in [0.2, 0.25) is 0 Å². The van der Waals surface area contributed by atoms with Crippen LogP contribution in [0.15, 0.2) is 115 Å². The summed E-state index contributed by atoms with van der Waals surface area (Å²) < 4.78 is 13.7. The molecule has 0 fully saturated rings. The lowest BCUT2D eigenvalue weighted by Gasteiger charge is -2.12. The van der Waals surface area contributed by atoms with Gasteiger partial charge in [-0.15, -0.1) is 0 Å². The van der Waals surface area contributed by atoms with Gasteiger partial charge in [-0.1, -0.05) is 103 Å². The Labute approximate surface area is 232 Å². The van der Waals surface area contributed by atoms with E-state index in [9.17, 15) is 9.90 Å². The second-order valence-electron chi connectivity index (χ2n) is 9.76. The summed E-state index contributed by atoms with van der Waals surface area (Å²) in [5.41, 5.74) is 5.87. The van der Waals surface area contributed by atoms with Crippen molar-refractivity contribution in [2.75, 3.05) is 6.61 Å². The van der Waals surface area contributed by atoms with E-state index in [1.165, 1.54) is 0 Å². The highest BCUT2D eigenvalue weighted by atomic mass is 16.7. The lowest BCUT2D eigenvalue weighted by Crippen LogP contribution is -2.11. The molecule has 0 atom stereocenters. The summed E-state index contributed by atoms with van der Waals surface area (Å²) in [6, 6.07) is 38.4. The summed E-state index contributed by atoms with van der Waals surface area (Å²) in [7, 11) is 0. The number of nitrogens with zero attached hydrogens (tertiary/aromatic N) is 1. The van der Waals surface area contributed by atoms with Gasteiger partial charge in [-0.25, -0.2) is 4.79 Å². The summed E-state index contributed by atoms with van der Waals surface area (Å²) >= 11 is 0.